The number of aromatic nitrogens is 2. The van der Waals surface area contributed by atoms with E-state index in [0.717, 1.165) is 24.2 Å². The van der Waals surface area contributed by atoms with Gasteiger partial charge in [-0.1, -0.05) is 6.07 Å². The van der Waals surface area contributed by atoms with Gasteiger partial charge in [0.1, 0.15) is 0 Å². The van der Waals surface area contributed by atoms with Crippen LogP contribution in [-0.2, 0) is 12.8 Å². The number of thioether (sulfide) groups is 1. The van der Waals surface area contributed by atoms with Crippen molar-refractivity contribution in [2.45, 2.75) is 23.7 Å². The minimum Gasteiger partial charge on any atom is -0.348 e. The summed E-state index contributed by atoms with van der Waals surface area (Å²) in [5.41, 5.74) is 5.38. The number of fused-ring (bicyclic) bond motifs is 1. The van der Waals surface area contributed by atoms with Gasteiger partial charge in [0.2, 0.25) is 0 Å². The summed E-state index contributed by atoms with van der Waals surface area (Å²) in [5, 5.41) is 5.79. The molecule has 1 aromatic heterocycles. The van der Waals surface area contributed by atoms with Gasteiger partial charge in [-0.15, -0.1) is 11.8 Å². The quantitative estimate of drug-likeness (QED) is 0.590. The molecule has 0 radical (unpaired) electrons. The van der Waals surface area contributed by atoms with Gasteiger partial charge >= 0.3 is 6.03 Å². The summed E-state index contributed by atoms with van der Waals surface area (Å²) in [4.78, 5) is 20.7. The molecule has 4 rings (SSSR count). The predicted octanol–water partition coefficient (Wildman–Crippen LogP) is 4.66. The molecule has 0 spiro atoms. The van der Waals surface area contributed by atoms with E-state index in [1.54, 1.807) is 18.1 Å². The highest BCUT2D eigenvalue weighted by Crippen LogP contribution is 2.34. The molecule has 1 aliphatic carbocycles. The highest BCUT2D eigenvalue weighted by atomic mass is 32.2. The number of carbonyl (C=O) groups is 1. The van der Waals surface area contributed by atoms with E-state index in [2.05, 4.69) is 32.7 Å². The normalized spacial score (nSPS) is 15.5. The van der Waals surface area contributed by atoms with Gasteiger partial charge < -0.3 is 15.6 Å². The van der Waals surface area contributed by atoms with Gasteiger partial charge in [0.25, 0.3) is 0 Å². The van der Waals surface area contributed by atoms with Crippen LogP contribution in [0.25, 0.3) is 0 Å². The first-order chi connectivity index (χ1) is 12.7. The number of benzene rings is 2. The Morgan fingerprint density at radius 2 is 1.81 bits per heavy atom. The van der Waals surface area contributed by atoms with Crippen molar-refractivity contribution in [1.82, 2.24) is 9.97 Å². The first-order valence-corrected chi connectivity index (χ1v) is 9.76. The summed E-state index contributed by atoms with van der Waals surface area (Å²) in [6.07, 6.45) is 7.61. The van der Waals surface area contributed by atoms with Crippen molar-refractivity contribution in [1.29, 1.82) is 0 Å². The molecule has 3 aromatic rings. The van der Waals surface area contributed by atoms with E-state index in [1.807, 2.05) is 42.8 Å². The fourth-order valence-electron chi connectivity index (χ4n) is 3.37. The monoisotopic (exact) mass is 364 g/mol. The standard InChI is InChI=1S/C20H20N4OS/c1-26-18-6-4-16(5-7-18)23-20(25)24-17-3-2-13-8-15(9-14(13)10-17)19-11-21-12-22-19/h2-7,10-12,15H,8-9H2,1H3,(H,21,22)(H2,23,24,25). The minimum atomic E-state index is -0.232. The van der Waals surface area contributed by atoms with Crippen LogP contribution in [0.2, 0.25) is 0 Å². The topological polar surface area (TPSA) is 69.8 Å². The van der Waals surface area contributed by atoms with Crippen molar-refractivity contribution in [2.24, 2.45) is 0 Å². The summed E-state index contributed by atoms with van der Waals surface area (Å²) < 4.78 is 0. The van der Waals surface area contributed by atoms with E-state index < -0.39 is 0 Å². The lowest BCUT2D eigenvalue weighted by Crippen LogP contribution is -2.19. The maximum Gasteiger partial charge on any atom is 0.323 e. The number of anilines is 2. The van der Waals surface area contributed by atoms with Gasteiger partial charge in [0, 0.05) is 34.1 Å². The zero-order valence-corrected chi connectivity index (χ0v) is 15.3. The molecule has 1 heterocycles. The molecule has 5 nitrogen and oxygen atoms in total. The fourth-order valence-corrected chi connectivity index (χ4v) is 3.78. The van der Waals surface area contributed by atoms with Crippen molar-refractivity contribution in [3.8, 4) is 0 Å². The Morgan fingerprint density at radius 1 is 1.08 bits per heavy atom. The van der Waals surface area contributed by atoms with Crippen molar-refractivity contribution >= 4 is 29.2 Å². The molecule has 0 fully saturated rings. The second-order valence-corrected chi connectivity index (χ2v) is 7.28. The van der Waals surface area contributed by atoms with Gasteiger partial charge in [0.15, 0.2) is 0 Å². The van der Waals surface area contributed by atoms with E-state index in [1.165, 1.54) is 21.7 Å². The second-order valence-electron chi connectivity index (χ2n) is 6.40. The molecule has 26 heavy (non-hydrogen) atoms. The third-order valence-corrected chi connectivity index (χ3v) is 5.45. The summed E-state index contributed by atoms with van der Waals surface area (Å²) in [6.45, 7) is 0. The molecular weight excluding hydrogens is 344 g/mol. The Labute approximate surface area is 156 Å². The van der Waals surface area contributed by atoms with Crippen LogP contribution < -0.4 is 10.6 Å². The number of imidazole rings is 1. The smallest absolute Gasteiger partial charge is 0.323 e. The minimum absolute atomic E-state index is 0.232. The number of carbonyl (C=O) groups excluding carboxylic acids is 1. The summed E-state index contributed by atoms with van der Waals surface area (Å²) in [7, 11) is 0. The Bertz CT molecular complexity index is 906. The van der Waals surface area contributed by atoms with Gasteiger partial charge in [-0.2, -0.15) is 0 Å². The Kier molecular flexibility index (Phi) is 4.67. The van der Waals surface area contributed by atoms with Crippen LogP contribution in [0.4, 0.5) is 16.2 Å². The van der Waals surface area contributed by atoms with Crippen LogP contribution in [0.15, 0.2) is 59.9 Å². The number of urea groups is 1. The maximum atomic E-state index is 12.2. The lowest BCUT2D eigenvalue weighted by Gasteiger charge is -2.09. The van der Waals surface area contributed by atoms with Crippen molar-refractivity contribution in [2.75, 3.05) is 16.9 Å². The Hall–Kier alpha value is -2.73. The molecule has 1 aliphatic rings. The molecular formula is C20H20N4OS. The number of aromatic amines is 1. The van der Waals surface area contributed by atoms with Crippen molar-refractivity contribution in [3.05, 3.63) is 71.8 Å². The summed E-state index contributed by atoms with van der Waals surface area (Å²) >= 11 is 1.67. The zero-order valence-electron chi connectivity index (χ0n) is 14.5. The van der Waals surface area contributed by atoms with Gasteiger partial charge in [0.05, 0.1) is 6.33 Å². The Morgan fingerprint density at radius 3 is 2.54 bits per heavy atom. The second kappa shape index (κ2) is 7.25. The average Bonchev–Trinajstić information content (AvgIpc) is 3.31. The lowest BCUT2D eigenvalue weighted by molar-refractivity contribution is 0.262. The fraction of sp³-hybridized carbons (Fsp3) is 0.200. The number of amides is 2. The third kappa shape index (κ3) is 3.60. The lowest BCUT2D eigenvalue weighted by atomic mass is 10.0. The highest BCUT2D eigenvalue weighted by molar-refractivity contribution is 7.98. The first kappa shape index (κ1) is 16.7. The largest absolute Gasteiger partial charge is 0.348 e. The van der Waals surface area contributed by atoms with E-state index in [0.29, 0.717) is 5.92 Å². The average molecular weight is 364 g/mol. The van der Waals surface area contributed by atoms with Gasteiger partial charge in [-0.3, -0.25) is 0 Å². The van der Waals surface area contributed by atoms with Crippen LogP contribution in [-0.4, -0.2) is 22.3 Å². The van der Waals surface area contributed by atoms with Gasteiger partial charge in [-0.25, -0.2) is 9.78 Å². The third-order valence-electron chi connectivity index (χ3n) is 4.70. The number of hydrogen-bond acceptors (Lipinski definition) is 3. The summed E-state index contributed by atoms with van der Waals surface area (Å²) in [5.74, 6) is 0.437. The molecule has 1 atom stereocenters. The van der Waals surface area contributed by atoms with E-state index in [9.17, 15) is 4.79 Å². The van der Waals surface area contributed by atoms with E-state index in [4.69, 9.17) is 0 Å². The molecule has 0 bridgehead atoms. The molecule has 3 N–H and O–H groups in total. The Balaban J connectivity index is 1.40. The molecule has 0 aliphatic heterocycles. The van der Waals surface area contributed by atoms with Crippen LogP contribution in [0.5, 0.6) is 0 Å². The van der Waals surface area contributed by atoms with Crippen LogP contribution in [0.3, 0.4) is 0 Å². The summed E-state index contributed by atoms with van der Waals surface area (Å²) in [6, 6.07) is 13.7. The molecule has 0 saturated heterocycles. The van der Waals surface area contributed by atoms with Crippen molar-refractivity contribution < 1.29 is 4.79 Å². The van der Waals surface area contributed by atoms with E-state index in [-0.39, 0.29) is 6.03 Å². The van der Waals surface area contributed by atoms with Gasteiger partial charge in [-0.05, 0) is 66.6 Å². The number of hydrogen-bond donors (Lipinski definition) is 3. The van der Waals surface area contributed by atoms with Crippen LogP contribution in [0, 0.1) is 0 Å². The van der Waals surface area contributed by atoms with Crippen molar-refractivity contribution in [3.63, 3.8) is 0 Å². The highest BCUT2D eigenvalue weighted by Gasteiger charge is 2.24. The number of rotatable bonds is 4. The number of nitrogens with one attached hydrogen (secondary N) is 3. The number of H-pyrrole nitrogens is 1. The number of nitrogens with zero attached hydrogens (tertiary/aromatic N) is 1. The first-order valence-electron chi connectivity index (χ1n) is 8.53. The molecule has 6 heteroatoms. The molecule has 2 aromatic carbocycles. The van der Waals surface area contributed by atoms with Crippen LogP contribution in [0.1, 0.15) is 22.7 Å². The molecule has 1 unspecified atom stereocenters. The van der Waals surface area contributed by atoms with E-state index >= 15 is 0 Å². The van der Waals surface area contributed by atoms with Crippen LogP contribution >= 0.6 is 11.8 Å². The SMILES string of the molecule is CSc1ccc(NC(=O)Nc2ccc3c(c2)CC(c2cnc[nH]2)C3)cc1. The molecule has 132 valence electrons. The zero-order chi connectivity index (χ0) is 17.9. The predicted molar refractivity (Wildman–Crippen MR) is 106 cm³/mol. The maximum absolute atomic E-state index is 12.2. The molecule has 2 amide bonds. The molecule has 0 saturated carbocycles.